The van der Waals surface area contributed by atoms with Crippen LogP contribution in [-0.4, -0.2) is 11.8 Å². The van der Waals surface area contributed by atoms with Gasteiger partial charge < -0.3 is 5.32 Å². The van der Waals surface area contributed by atoms with Crippen LogP contribution in [0.3, 0.4) is 0 Å². The summed E-state index contributed by atoms with van der Waals surface area (Å²) in [5, 5.41) is 3.58. The molecular weight excluding hydrogens is 244 g/mol. The Labute approximate surface area is 117 Å². The molecule has 0 radical (unpaired) electrons. The number of fused-ring (bicyclic) bond motifs is 6. The highest BCUT2D eigenvalue weighted by Gasteiger charge is 2.31. The summed E-state index contributed by atoms with van der Waals surface area (Å²) in [7, 11) is 0. The summed E-state index contributed by atoms with van der Waals surface area (Å²) >= 11 is 0. The number of nitrogens with one attached hydrogen (secondary N) is 1. The zero-order valence-electron chi connectivity index (χ0n) is 10.8. The van der Waals surface area contributed by atoms with Gasteiger partial charge in [0.05, 0.1) is 17.4 Å². The summed E-state index contributed by atoms with van der Waals surface area (Å²) < 4.78 is 0. The predicted molar refractivity (Wildman–Crippen MR) is 83.3 cm³/mol. The first-order chi connectivity index (χ1) is 9.90. The van der Waals surface area contributed by atoms with Crippen LogP contribution in [0.2, 0.25) is 0 Å². The second-order valence-corrected chi connectivity index (χ2v) is 5.36. The smallest absolute Gasteiger partial charge is 0.0717 e. The molecule has 1 atom stereocenters. The lowest BCUT2D eigenvalue weighted by Crippen LogP contribution is -2.17. The van der Waals surface area contributed by atoms with Crippen molar-refractivity contribution in [3.63, 3.8) is 0 Å². The number of allylic oxidation sites excluding steroid dienone is 2. The fourth-order valence-corrected chi connectivity index (χ4v) is 3.30. The predicted octanol–water partition coefficient (Wildman–Crippen LogP) is 4.05. The van der Waals surface area contributed by atoms with E-state index >= 15 is 0 Å². The zero-order chi connectivity index (χ0) is 13.1. The van der Waals surface area contributed by atoms with Crippen molar-refractivity contribution in [2.45, 2.75) is 6.04 Å². The van der Waals surface area contributed by atoms with Gasteiger partial charge >= 0.3 is 0 Å². The highest BCUT2D eigenvalue weighted by atomic mass is 15.0. The fraction of sp³-hybridized carbons (Fsp3) is 0.0556. The molecule has 20 heavy (non-hydrogen) atoms. The Balaban J connectivity index is 1.71. The summed E-state index contributed by atoms with van der Waals surface area (Å²) in [6.45, 7) is 0. The van der Waals surface area contributed by atoms with Crippen LogP contribution in [0.25, 0.3) is 11.1 Å². The standard InChI is InChI=1S/C18H12N2/c1-3-7-15-11(5-1)13-9-18-14(10-17(13)19-15)12-6-2-4-8-16(12)20-18/h1-10,17,19H. The first kappa shape index (κ1) is 10.2. The normalized spacial score (nSPS) is 20.8. The molecule has 0 aromatic heterocycles. The van der Waals surface area contributed by atoms with E-state index in [0.717, 1.165) is 11.4 Å². The number of aliphatic imine (C=N–C) groups is 1. The number of anilines is 1. The molecule has 3 aliphatic rings. The number of benzene rings is 2. The van der Waals surface area contributed by atoms with Gasteiger partial charge in [-0.15, -0.1) is 0 Å². The maximum Gasteiger partial charge on any atom is 0.0717 e. The first-order valence-electron chi connectivity index (χ1n) is 6.88. The molecule has 0 saturated carbocycles. The monoisotopic (exact) mass is 256 g/mol. The average molecular weight is 256 g/mol. The van der Waals surface area contributed by atoms with Gasteiger partial charge in [-0.3, -0.25) is 0 Å². The van der Waals surface area contributed by atoms with Crippen molar-refractivity contribution in [1.29, 1.82) is 0 Å². The van der Waals surface area contributed by atoms with Crippen LogP contribution >= 0.6 is 0 Å². The van der Waals surface area contributed by atoms with E-state index in [0.29, 0.717) is 0 Å². The summed E-state index contributed by atoms with van der Waals surface area (Å²) in [4.78, 5) is 4.75. The zero-order valence-corrected chi connectivity index (χ0v) is 10.8. The first-order valence-corrected chi connectivity index (χ1v) is 6.88. The SMILES string of the molecule is C1=C2C(=Nc3ccccc32)C=C2c3ccccc3NC12. The Morgan fingerprint density at radius 1 is 0.900 bits per heavy atom. The third-order valence-corrected chi connectivity index (χ3v) is 4.22. The molecular formula is C18H12N2. The summed E-state index contributed by atoms with van der Waals surface area (Å²) in [5.41, 5.74) is 8.52. The van der Waals surface area contributed by atoms with Gasteiger partial charge in [0.25, 0.3) is 0 Å². The third kappa shape index (κ3) is 1.21. The number of hydrogen-bond donors (Lipinski definition) is 1. The molecule has 2 aromatic carbocycles. The Bertz CT molecular complexity index is 840. The van der Waals surface area contributed by atoms with Crippen LogP contribution in [0, 0.1) is 0 Å². The molecule has 1 aliphatic carbocycles. The van der Waals surface area contributed by atoms with Crippen molar-refractivity contribution >= 4 is 28.2 Å². The third-order valence-electron chi connectivity index (χ3n) is 4.22. The Morgan fingerprint density at radius 2 is 1.70 bits per heavy atom. The second kappa shape index (κ2) is 3.48. The number of hydrogen-bond acceptors (Lipinski definition) is 2. The molecule has 2 aliphatic heterocycles. The number of nitrogens with zero attached hydrogens (tertiary/aromatic N) is 1. The maximum atomic E-state index is 4.75. The van der Waals surface area contributed by atoms with Gasteiger partial charge in [-0.05, 0) is 29.9 Å². The van der Waals surface area contributed by atoms with Crippen LogP contribution < -0.4 is 5.32 Å². The van der Waals surface area contributed by atoms with Crippen molar-refractivity contribution in [3.8, 4) is 0 Å². The quantitative estimate of drug-likeness (QED) is 0.755. The largest absolute Gasteiger partial charge is 0.374 e. The Kier molecular flexibility index (Phi) is 1.78. The molecule has 0 amide bonds. The number of para-hydroxylation sites is 2. The van der Waals surface area contributed by atoms with E-state index in [9.17, 15) is 0 Å². The lowest BCUT2D eigenvalue weighted by atomic mass is 9.89. The van der Waals surface area contributed by atoms with Crippen LogP contribution in [0.5, 0.6) is 0 Å². The molecule has 0 fully saturated rings. The topological polar surface area (TPSA) is 24.4 Å². The van der Waals surface area contributed by atoms with Gasteiger partial charge in [-0.1, -0.05) is 36.4 Å². The molecule has 5 rings (SSSR count). The van der Waals surface area contributed by atoms with Gasteiger partial charge in [0.2, 0.25) is 0 Å². The molecule has 1 unspecified atom stereocenters. The van der Waals surface area contributed by atoms with Crippen molar-refractivity contribution in [2.75, 3.05) is 5.32 Å². The van der Waals surface area contributed by atoms with E-state index in [2.05, 4.69) is 59.9 Å². The lowest BCUT2D eigenvalue weighted by Gasteiger charge is -2.16. The molecule has 0 spiro atoms. The van der Waals surface area contributed by atoms with Crippen molar-refractivity contribution in [2.24, 2.45) is 4.99 Å². The average Bonchev–Trinajstić information content (AvgIpc) is 3.02. The molecule has 0 saturated heterocycles. The molecule has 2 heteroatoms. The fourth-order valence-electron chi connectivity index (χ4n) is 3.30. The van der Waals surface area contributed by atoms with Crippen LogP contribution in [0.4, 0.5) is 11.4 Å². The minimum Gasteiger partial charge on any atom is -0.374 e. The van der Waals surface area contributed by atoms with Crippen molar-refractivity contribution in [1.82, 2.24) is 0 Å². The van der Waals surface area contributed by atoms with E-state index in [1.807, 2.05) is 6.07 Å². The van der Waals surface area contributed by atoms with Gasteiger partial charge in [0, 0.05) is 22.4 Å². The van der Waals surface area contributed by atoms with Gasteiger partial charge in [0.15, 0.2) is 0 Å². The summed E-state index contributed by atoms with van der Waals surface area (Å²) in [6.07, 6.45) is 4.54. The van der Waals surface area contributed by atoms with Crippen molar-refractivity contribution < 1.29 is 0 Å². The van der Waals surface area contributed by atoms with E-state index in [1.54, 1.807) is 0 Å². The molecule has 2 aromatic rings. The summed E-state index contributed by atoms with van der Waals surface area (Å²) in [5.74, 6) is 0. The molecule has 1 N–H and O–H groups in total. The highest BCUT2D eigenvalue weighted by Crippen LogP contribution is 2.44. The van der Waals surface area contributed by atoms with E-state index in [1.165, 1.54) is 28.0 Å². The van der Waals surface area contributed by atoms with Gasteiger partial charge in [-0.2, -0.15) is 0 Å². The summed E-state index contributed by atoms with van der Waals surface area (Å²) in [6, 6.07) is 17.1. The minimum atomic E-state index is 0.271. The van der Waals surface area contributed by atoms with E-state index < -0.39 is 0 Å². The Morgan fingerprint density at radius 3 is 2.65 bits per heavy atom. The van der Waals surface area contributed by atoms with Crippen LogP contribution in [0.1, 0.15) is 11.1 Å². The molecule has 94 valence electrons. The van der Waals surface area contributed by atoms with E-state index in [-0.39, 0.29) is 6.04 Å². The Hall–Kier alpha value is -2.61. The second-order valence-electron chi connectivity index (χ2n) is 5.36. The molecule has 0 bridgehead atoms. The van der Waals surface area contributed by atoms with Crippen LogP contribution in [-0.2, 0) is 0 Å². The van der Waals surface area contributed by atoms with Crippen molar-refractivity contribution in [3.05, 3.63) is 71.8 Å². The van der Waals surface area contributed by atoms with Gasteiger partial charge in [-0.25, -0.2) is 4.99 Å². The lowest BCUT2D eigenvalue weighted by molar-refractivity contribution is 1.18. The molecule has 2 nitrogen and oxygen atoms in total. The highest BCUT2D eigenvalue weighted by molar-refractivity contribution is 6.37. The number of rotatable bonds is 0. The minimum absolute atomic E-state index is 0.271. The molecule has 2 heterocycles. The van der Waals surface area contributed by atoms with Crippen LogP contribution in [0.15, 0.2) is 65.7 Å². The van der Waals surface area contributed by atoms with Gasteiger partial charge in [0.1, 0.15) is 0 Å². The van der Waals surface area contributed by atoms with E-state index in [4.69, 9.17) is 4.99 Å². The maximum absolute atomic E-state index is 4.75.